The first-order chi connectivity index (χ1) is 19.4. The van der Waals surface area contributed by atoms with Gasteiger partial charge in [-0.15, -0.1) is 0 Å². The highest BCUT2D eigenvalue weighted by Crippen LogP contribution is 2.50. The van der Waals surface area contributed by atoms with Gasteiger partial charge in [0, 0.05) is 5.56 Å². The summed E-state index contributed by atoms with van der Waals surface area (Å²) in [6, 6.07) is 11.9. The SMILES string of the molecule is CCc1cc(C(O)(C(F)(F)F)C(F)(F)F)ccc1Oc1cccc(CN2C(=O)NC(C)(c3ccc(Cl)c(Cl)c3)C2=O)c1. The molecular formula is C28H22Cl2F6N2O4. The molecule has 3 amide bonds. The Bertz CT molecular complexity index is 1530. The summed E-state index contributed by atoms with van der Waals surface area (Å²) in [5, 5.41) is 12.8. The van der Waals surface area contributed by atoms with Gasteiger partial charge in [0.2, 0.25) is 0 Å². The molecule has 1 saturated heterocycles. The summed E-state index contributed by atoms with van der Waals surface area (Å²) in [6.45, 7) is 2.83. The van der Waals surface area contributed by atoms with E-state index in [-0.39, 0.29) is 40.1 Å². The monoisotopic (exact) mass is 634 g/mol. The van der Waals surface area contributed by atoms with Gasteiger partial charge in [0.25, 0.3) is 11.5 Å². The summed E-state index contributed by atoms with van der Waals surface area (Å²) in [7, 11) is 0. The zero-order valence-electron chi connectivity index (χ0n) is 21.8. The maximum atomic E-state index is 13.3. The van der Waals surface area contributed by atoms with Crippen LogP contribution < -0.4 is 10.1 Å². The molecule has 2 N–H and O–H groups in total. The highest BCUT2D eigenvalue weighted by atomic mass is 35.5. The quantitative estimate of drug-likeness (QED) is 0.207. The first kappa shape index (κ1) is 31.5. The number of hydrogen-bond donors (Lipinski definition) is 2. The molecule has 4 rings (SSSR count). The molecule has 1 aliphatic rings. The van der Waals surface area contributed by atoms with Gasteiger partial charge in [-0.25, -0.2) is 4.79 Å². The predicted molar refractivity (Wildman–Crippen MR) is 141 cm³/mol. The zero-order chi connectivity index (χ0) is 31.3. The lowest BCUT2D eigenvalue weighted by Gasteiger charge is -2.33. The summed E-state index contributed by atoms with van der Waals surface area (Å²) in [5.41, 5.74) is -7.08. The molecule has 3 aromatic carbocycles. The van der Waals surface area contributed by atoms with E-state index in [0.717, 1.165) is 11.0 Å². The number of nitrogens with zero attached hydrogens (tertiary/aromatic N) is 1. The van der Waals surface area contributed by atoms with Crippen LogP contribution in [0, 0.1) is 0 Å². The van der Waals surface area contributed by atoms with Crippen LogP contribution in [0.3, 0.4) is 0 Å². The Balaban J connectivity index is 1.58. The Morgan fingerprint density at radius 2 is 1.60 bits per heavy atom. The summed E-state index contributed by atoms with van der Waals surface area (Å²) < 4.78 is 85.8. The van der Waals surface area contributed by atoms with Crippen molar-refractivity contribution >= 4 is 35.1 Å². The lowest BCUT2D eigenvalue weighted by molar-refractivity contribution is -0.376. The highest BCUT2D eigenvalue weighted by Gasteiger charge is 2.71. The van der Waals surface area contributed by atoms with Gasteiger partial charge in [-0.05, 0) is 66.4 Å². The van der Waals surface area contributed by atoms with E-state index in [9.17, 15) is 41.0 Å². The standard InChI is InChI=1S/C28H22Cl2F6N2O4/c1-3-16-12-18(26(41,27(31,32)33)28(34,35)36)8-10-22(16)42-19-6-4-5-15(11-19)14-38-23(39)25(2,37-24(38)40)17-7-9-20(29)21(30)13-17/h4-13,41H,3,14H2,1-2H3,(H,37,40). The first-order valence-corrected chi connectivity index (χ1v) is 13.0. The van der Waals surface area contributed by atoms with Gasteiger partial charge in [-0.3, -0.25) is 9.69 Å². The van der Waals surface area contributed by atoms with Crippen LogP contribution in [0.1, 0.15) is 36.1 Å². The van der Waals surface area contributed by atoms with Crippen molar-refractivity contribution in [1.29, 1.82) is 0 Å². The number of alkyl halides is 6. The number of hydrogen-bond acceptors (Lipinski definition) is 4. The van der Waals surface area contributed by atoms with E-state index < -0.39 is 41.0 Å². The fraction of sp³-hybridized carbons (Fsp3) is 0.286. The number of rotatable bonds is 7. The molecule has 224 valence electrons. The molecule has 1 unspecified atom stereocenters. The van der Waals surface area contributed by atoms with Gasteiger partial charge in [0.05, 0.1) is 16.6 Å². The second kappa shape index (κ2) is 11.0. The van der Waals surface area contributed by atoms with E-state index in [2.05, 4.69) is 5.32 Å². The number of nitrogens with one attached hydrogen (secondary N) is 1. The molecule has 1 atom stereocenters. The summed E-state index contributed by atoms with van der Waals surface area (Å²) in [6.07, 6.45) is -12.1. The maximum absolute atomic E-state index is 13.3. The fourth-order valence-corrected chi connectivity index (χ4v) is 4.83. The molecule has 1 heterocycles. The van der Waals surface area contributed by atoms with E-state index in [1.54, 1.807) is 12.1 Å². The van der Waals surface area contributed by atoms with Gasteiger partial charge in [0.1, 0.15) is 17.0 Å². The molecule has 0 radical (unpaired) electrons. The molecule has 0 aliphatic carbocycles. The molecule has 0 spiro atoms. The van der Waals surface area contributed by atoms with Crippen molar-refractivity contribution in [3.63, 3.8) is 0 Å². The van der Waals surface area contributed by atoms with Crippen LogP contribution in [0.15, 0.2) is 60.7 Å². The van der Waals surface area contributed by atoms with Gasteiger partial charge < -0.3 is 15.2 Å². The fourth-order valence-electron chi connectivity index (χ4n) is 4.53. The average Bonchev–Trinajstić information content (AvgIpc) is 3.12. The average molecular weight is 635 g/mol. The summed E-state index contributed by atoms with van der Waals surface area (Å²) >= 11 is 12.0. The van der Waals surface area contributed by atoms with Crippen molar-refractivity contribution in [2.45, 2.75) is 50.3 Å². The first-order valence-electron chi connectivity index (χ1n) is 12.3. The minimum absolute atomic E-state index is 0.0234. The Kier molecular flexibility index (Phi) is 8.22. The van der Waals surface area contributed by atoms with Crippen molar-refractivity contribution < 1.29 is 45.8 Å². The Hall–Kier alpha value is -3.48. The van der Waals surface area contributed by atoms with Crippen LogP contribution in [-0.2, 0) is 28.9 Å². The van der Waals surface area contributed by atoms with Crippen LogP contribution in [0.4, 0.5) is 31.1 Å². The second-order valence-electron chi connectivity index (χ2n) is 9.71. The van der Waals surface area contributed by atoms with Crippen molar-refractivity contribution in [1.82, 2.24) is 10.2 Å². The van der Waals surface area contributed by atoms with E-state index in [1.165, 1.54) is 44.2 Å². The molecule has 3 aromatic rings. The molecule has 14 heteroatoms. The van der Waals surface area contributed by atoms with Gasteiger partial charge in [-0.1, -0.05) is 54.4 Å². The highest BCUT2D eigenvalue weighted by molar-refractivity contribution is 6.42. The van der Waals surface area contributed by atoms with Crippen LogP contribution in [-0.4, -0.2) is 34.3 Å². The zero-order valence-corrected chi connectivity index (χ0v) is 23.3. The molecule has 1 fully saturated rings. The van der Waals surface area contributed by atoms with E-state index in [4.69, 9.17) is 27.9 Å². The lowest BCUT2D eigenvalue weighted by atomic mass is 9.90. The van der Waals surface area contributed by atoms with Crippen LogP contribution in [0.5, 0.6) is 11.5 Å². The number of aliphatic hydroxyl groups is 1. The minimum atomic E-state index is -6.03. The van der Waals surface area contributed by atoms with E-state index >= 15 is 0 Å². The molecule has 0 aromatic heterocycles. The molecule has 1 aliphatic heterocycles. The van der Waals surface area contributed by atoms with Crippen molar-refractivity contribution in [2.75, 3.05) is 0 Å². The molecule has 6 nitrogen and oxygen atoms in total. The number of carbonyl (C=O) groups is 2. The smallest absolute Gasteiger partial charge is 0.430 e. The third-order valence-electron chi connectivity index (χ3n) is 6.92. The van der Waals surface area contributed by atoms with Gasteiger partial charge >= 0.3 is 18.4 Å². The Morgan fingerprint density at radius 1 is 0.929 bits per heavy atom. The molecular weight excluding hydrogens is 613 g/mol. The summed E-state index contributed by atoms with van der Waals surface area (Å²) in [5.74, 6) is -0.480. The number of benzene rings is 3. The van der Waals surface area contributed by atoms with E-state index in [1.807, 2.05) is 0 Å². The number of aryl methyl sites for hydroxylation is 1. The third-order valence-corrected chi connectivity index (χ3v) is 7.66. The maximum Gasteiger partial charge on any atom is 0.430 e. The number of urea groups is 1. The van der Waals surface area contributed by atoms with Crippen LogP contribution in [0.25, 0.3) is 0 Å². The lowest BCUT2D eigenvalue weighted by Crippen LogP contribution is -2.53. The molecule has 42 heavy (non-hydrogen) atoms. The van der Waals surface area contributed by atoms with Crippen molar-refractivity contribution in [3.8, 4) is 11.5 Å². The van der Waals surface area contributed by atoms with Crippen molar-refractivity contribution in [2.24, 2.45) is 0 Å². The minimum Gasteiger partial charge on any atom is -0.457 e. The number of imide groups is 1. The number of carbonyl (C=O) groups excluding carboxylic acids is 2. The Morgan fingerprint density at radius 3 is 2.19 bits per heavy atom. The normalized spacial score (nSPS) is 17.9. The predicted octanol–water partition coefficient (Wildman–Crippen LogP) is 7.63. The number of amides is 3. The van der Waals surface area contributed by atoms with Gasteiger partial charge in [-0.2, -0.15) is 26.3 Å². The second-order valence-corrected chi connectivity index (χ2v) is 10.5. The number of ether oxygens (including phenoxy) is 1. The third kappa shape index (κ3) is 5.50. The van der Waals surface area contributed by atoms with Crippen molar-refractivity contribution in [3.05, 3.63) is 93.0 Å². The summed E-state index contributed by atoms with van der Waals surface area (Å²) in [4.78, 5) is 27.0. The molecule has 0 bridgehead atoms. The van der Waals surface area contributed by atoms with Gasteiger partial charge in [0.15, 0.2) is 0 Å². The van der Waals surface area contributed by atoms with Crippen LogP contribution in [0.2, 0.25) is 10.0 Å². The van der Waals surface area contributed by atoms with Crippen LogP contribution >= 0.6 is 23.2 Å². The Labute approximate surface area is 245 Å². The van der Waals surface area contributed by atoms with E-state index in [0.29, 0.717) is 23.3 Å². The largest absolute Gasteiger partial charge is 0.457 e. The number of halogens is 8. The topological polar surface area (TPSA) is 78.9 Å². The molecule has 0 saturated carbocycles.